The molecule has 0 aromatic carbocycles. The summed E-state index contributed by atoms with van der Waals surface area (Å²) in [6.45, 7) is 1.22. The Labute approximate surface area is 211 Å². The van der Waals surface area contributed by atoms with Crippen LogP contribution in [0.4, 0.5) is 0 Å². The first-order valence-electron chi connectivity index (χ1n) is 15.1. The molecule has 1 saturated heterocycles. The number of cyclic esters (lactones) is 2. The molecule has 0 aromatic rings. The molecule has 0 aliphatic carbocycles. The van der Waals surface area contributed by atoms with Gasteiger partial charge in [-0.2, -0.15) is 0 Å². The molecular weight excluding hydrogens is 424 g/mol. The highest BCUT2D eigenvalue weighted by Crippen LogP contribution is 2.15. The van der Waals surface area contributed by atoms with E-state index in [9.17, 15) is 9.59 Å². The van der Waals surface area contributed by atoms with Crippen LogP contribution in [0.1, 0.15) is 167 Å². The molecule has 34 heavy (non-hydrogen) atoms. The zero-order valence-electron chi connectivity index (χ0n) is 22.4. The van der Waals surface area contributed by atoms with Crippen molar-refractivity contribution in [1.82, 2.24) is 0 Å². The number of carbonyl (C=O) groups is 2. The molecule has 1 heterocycles. The van der Waals surface area contributed by atoms with E-state index < -0.39 is 0 Å². The first-order valence-corrected chi connectivity index (χ1v) is 15.1. The first kappa shape index (κ1) is 31.0. The van der Waals surface area contributed by atoms with Gasteiger partial charge in [0.1, 0.15) is 0 Å². The van der Waals surface area contributed by atoms with Crippen LogP contribution in [0.3, 0.4) is 0 Å². The Balaban J connectivity index is 2.12. The Hall–Kier alpha value is -1.06. The van der Waals surface area contributed by atoms with Crippen molar-refractivity contribution in [2.45, 2.75) is 167 Å². The molecule has 0 amide bonds. The summed E-state index contributed by atoms with van der Waals surface area (Å²) in [4.78, 5) is 23.7. The molecular formula is C30H56O4. The summed E-state index contributed by atoms with van der Waals surface area (Å²) < 4.78 is 10.8. The van der Waals surface area contributed by atoms with Crippen molar-refractivity contribution < 1.29 is 19.1 Å². The lowest BCUT2D eigenvalue weighted by Gasteiger charge is -2.06. The van der Waals surface area contributed by atoms with Crippen LogP contribution in [-0.4, -0.2) is 25.2 Å². The maximum atomic E-state index is 11.8. The van der Waals surface area contributed by atoms with Crippen LogP contribution in [0, 0.1) is 0 Å². The van der Waals surface area contributed by atoms with Gasteiger partial charge in [-0.1, -0.05) is 128 Å². The molecule has 0 saturated carbocycles. The highest BCUT2D eigenvalue weighted by atomic mass is 16.5. The summed E-state index contributed by atoms with van der Waals surface area (Å²) in [7, 11) is 0. The van der Waals surface area contributed by atoms with Gasteiger partial charge < -0.3 is 9.47 Å². The smallest absolute Gasteiger partial charge is 0.305 e. The Bertz CT molecular complexity index is 421. The first-order chi connectivity index (χ1) is 16.8. The van der Waals surface area contributed by atoms with Gasteiger partial charge in [0.2, 0.25) is 0 Å². The fourth-order valence-corrected chi connectivity index (χ4v) is 4.79. The van der Waals surface area contributed by atoms with Crippen molar-refractivity contribution in [3.63, 3.8) is 0 Å². The van der Waals surface area contributed by atoms with Crippen LogP contribution in [0.15, 0.2) is 0 Å². The fraction of sp³-hybridized carbons (Fsp3) is 0.933. The summed E-state index contributed by atoms with van der Waals surface area (Å²) in [6, 6.07) is 0. The molecule has 4 nitrogen and oxygen atoms in total. The molecule has 0 aromatic heterocycles. The van der Waals surface area contributed by atoms with Gasteiger partial charge in [-0.05, 0) is 25.7 Å². The summed E-state index contributed by atoms with van der Waals surface area (Å²) in [5, 5.41) is 0. The van der Waals surface area contributed by atoms with E-state index in [1.807, 2.05) is 0 Å². The molecule has 1 aliphatic heterocycles. The summed E-state index contributed by atoms with van der Waals surface area (Å²) in [6.07, 6.45) is 30.7. The van der Waals surface area contributed by atoms with Crippen molar-refractivity contribution >= 4 is 11.9 Å². The van der Waals surface area contributed by atoms with Gasteiger partial charge >= 0.3 is 11.9 Å². The van der Waals surface area contributed by atoms with Crippen LogP contribution in [-0.2, 0) is 19.1 Å². The molecule has 0 spiro atoms. The zero-order valence-corrected chi connectivity index (χ0v) is 22.4. The quantitative estimate of drug-likeness (QED) is 0.324. The van der Waals surface area contributed by atoms with Crippen molar-refractivity contribution in [3.8, 4) is 0 Å². The van der Waals surface area contributed by atoms with E-state index in [1.54, 1.807) is 0 Å². The van der Waals surface area contributed by atoms with E-state index in [0.717, 1.165) is 38.5 Å². The third-order valence-corrected chi connectivity index (χ3v) is 7.08. The van der Waals surface area contributed by atoms with Crippen LogP contribution in [0.2, 0.25) is 0 Å². The molecule has 0 radical (unpaired) electrons. The van der Waals surface area contributed by atoms with Gasteiger partial charge in [0.05, 0.1) is 13.2 Å². The average Bonchev–Trinajstić information content (AvgIpc) is 2.83. The Morgan fingerprint density at radius 3 is 0.765 bits per heavy atom. The van der Waals surface area contributed by atoms with Gasteiger partial charge in [-0.3, -0.25) is 9.59 Å². The van der Waals surface area contributed by atoms with Crippen LogP contribution in [0.25, 0.3) is 0 Å². The Kier molecular flexibility index (Phi) is 22.8. The van der Waals surface area contributed by atoms with E-state index in [2.05, 4.69) is 0 Å². The van der Waals surface area contributed by atoms with Crippen molar-refractivity contribution in [2.24, 2.45) is 0 Å². The number of carbonyl (C=O) groups excluding carboxylic acids is 2. The van der Waals surface area contributed by atoms with Gasteiger partial charge in [0, 0.05) is 12.8 Å². The number of ether oxygens (including phenoxy) is 2. The van der Waals surface area contributed by atoms with Crippen LogP contribution >= 0.6 is 0 Å². The minimum absolute atomic E-state index is 0.00475. The predicted octanol–water partition coefficient (Wildman–Crippen LogP) is 9.23. The van der Waals surface area contributed by atoms with E-state index >= 15 is 0 Å². The van der Waals surface area contributed by atoms with E-state index in [-0.39, 0.29) is 11.9 Å². The van der Waals surface area contributed by atoms with E-state index in [1.165, 1.54) is 116 Å². The second-order valence-electron chi connectivity index (χ2n) is 10.4. The highest BCUT2D eigenvalue weighted by molar-refractivity contribution is 5.69. The molecule has 0 unspecified atom stereocenters. The minimum Gasteiger partial charge on any atom is -0.466 e. The Morgan fingerprint density at radius 1 is 0.294 bits per heavy atom. The normalized spacial score (nSPS) is 22.9. The van der Waals surface area contributed by atoms with Gasteiger partial charge in [0.15, 0.2) is 0 Å². The molecule has 0 atom stereocenters. The van der Waals surface area contributed by atoms with Crippen LogP contribution < -0.4 is 0 Å². The number of esters is 2. The zero-order chi connectivity index (χ0) is 24.4. The van der Waals surface area contributed by atoms with Gasteiger partial charge in [-0.25, -0.2) is 0 Å². The summed E-state index contributed by atoms with van der Waals surface area (Å²) in [5.74, 6) is -0.00950. The lowest BCUT2D eigenvalue weighted by atomic mass is 10.0. The molecule has 1 aliphatic rings. The third-order valence-electron chi connectivity index (χ3n) is 7.08. The number of hydrogen-bond acceptors (Lipinski definition) is 4. The standard InChI is InChI=1S/C30H56O4/c31-29-25-21-17-13-9-5-6-10-14-18-22-26-30(32)34-28-24-20-16-12-8-4-2-1-3-7-11-15-19-23-27-33-29/h1-28H2. The predicted molar refractivity (Wildman–Crippen MR) is 142 cm³/mol. The van der Waals surface area contributed by atoms with Crippen molar-refractivity contribution in [2.75, 3.05) is 13.2 Å². The van der Waals surface area contributed by atoms with Crippen LogP contribution in [0.5, 0.6) is 0 Å². The highest BCUT2D eigenvalue weighted by Gasteiger charge is 2.04. The number of rotatable bonds is 0. The lowest BCUT2D eigenvalue weighted by Crippen LogP contribution is -2.05. The van der Waals surface area contributed by atoms with E-state index in [0.29, 0.717) is 26.1 Å². The SMILES string of the molecule is O=C1CCCCCCCCCCCCC(=O)OCCCCCCCCCCCCCCCCO1. The Morgan fingerprint density at radius 2 is 0.500 bits per heavy atom. The maximum absolute atomic E-state index is 11.8. The van der Waals surface area contributed by atoms with Gasteiger partial charge in [-0.15, -0.1) is 0 Å². The maximum Gasteiger partial charge on any atom is 0.305 e. The molecule has 200 valence electrons. The fourth-order valence-electron chi connectivity index (χ4n) is 4.79. The molecule has 1 fully saturated rings. The molecule has 1 rings (SSSR count). The van der Waals surface area contributed by atoms with E-state index in [4.69, 9.17) is 9.47 Å². The summed E-state index contributed by atoms with van der Waals surface area (Å²) >= 11 is 0. The lowest BCUT2D eigenvalue weighted by molar-refractivity contribution is -0.144. The average molecular weight is 481 g/mol. The summed E-state index contributed by atoms with van der Waals surface area (Å²) in [5.41, 5.74) is 0. The molecule has 0 N–H and O–H groups in total. The third kappa shape index (κ3) is 22.7. The molecule has 0 bridgehead atoms. The van der Waals surface area contributed by atoms with Crippen molar-refractivity contribution in [1.29, 1.82) is 0 Å². The second-order valence-corrected chi connectivity index (χ2v) is 10.4. The largest absolute Gasteiger partial charge is 0.466 e. The van der Waals surface area contributed by atoms with Gasteiger partial charge in [0.25, 0.3) is 0 Å². The topological polar surface area (TPSA) is 52.6 Å². The second kappa shape index (κ2) is 25.0. The molecule has 4 heteroatoms. The van der Waals surface area contributed by atoms with Crippen molar-refractivity contribution in [3.05, 3.63) is 0 Å². The minimum atomic E-state index is -0.00475. The monoisotopic (exact) mass is 480 g/mol. The number of hydrogen-bond donors (Lipinski definition) is 0.